The van der Waals surface area contributed by atoms with Crippen LogP contribution in [0.15, 0.2) is 66.7 Å². The molecule has 162 valence electrons. The van der Waals surface area contributed by atoms with Gasteiger partial charge in [-0.15, -0.1) is 0 Å². The molecule has 0 radical (unpaired) electrons. The summed E-state index contributed by atoms with van der Waals surface area (Å²) in [4.78, 5) is 0. The molecule has 0 saturated heterocycles. The van der Waals surface area contributed by atoms with Crippen molar-refractivity contribution in [2.45, 2.75) is 12.6 Å². The number of nitrogens with one attached hydrogen (secondary N) is 3. The zero-order valence-electron chi connectivity index (χ0n) is 16.1. The summed E-state index contributed by atoms with van der Waals surface area (Å²) in [6.07, 6.45) is -3.77. The highest BCUT2D eigenvalue weighted by Gasteiger charge is 2.31. The van der Waals surface area contributed by atoms with Crippen LogP contribution in [-0.4, -0.2) is 11.7 Å². The molecule has 0 aromatic heterocycles. The average Bonchev–Trinajstić information content (AvgIpc) is 2.72. The lowest BCUT2D eigenvalue weighted by Gasteiger charge is -2.18. The number of thiocarbonyl (C=S) groups is 1. The lowest BCUT2D eigenvalue weighted by molar-refractivity contribution is -0.137. The third-order valence-electron chi connectivity index (χ3n) is 4.34. The summed E-state index contributed by atoms with van der Waals surface area (Å²) < 4.78 is 39.7. The molecule has 0 spiro atoms. The largest absolute Gasteiger partial charge is 0.416 e. The van der Waals surface area contributed by atoms with E-state index in [9.17, 15) is 13.2 Å². The van der Waals surface area contributed by atoms with Crippen LogP contribution in [0.5, 0.6) is 0 Å². The molecule has 3 N–H and O–H groups in total. The van der Waals surface area contributed by atoms with Crippen LogP contribution in [-0.2, 0) is 12.6 Å². The van der Waals surface area contributed by atoms with Crippen LogP contribution in [0.3, 0.4) is 0 Å². The Labute approximate surface area is 193 Å². The first-order chi connectivity index (χ1) is 14.7. The third-order valence-corrected chi connectivity index (χ3v) is 5.11. The topological polar surface area (TPSA) is 36.1 Å². The van der Waals surface area contributed by atoms with Crippen molar-refractivity contribution in [3.05, 3.63) is 87.9 Å². The molecule has 0 heterocycles. The normalized spacial score (nSPS) is 11.1. The molecular formula is C22H18Cl2F3N3S. The first-order valence-corrected chi connectivity index (χ1v) is 10.4. The van der Waals surface area contributed by atoms with Crippen molar-refractivity contribution in [3.8, 4) is 0 Å². The first-order valence-electron chi connectivity index (χ1n) is 9.24. The van der Waals surface area contributed by atoms with E-state index in [0.29, 0.717) is 34.4 Å². The summed E-state index contributed by atoms with van der Waals surface area (Å²) in [6.45, 7) is 0.532. The maximum Gasteiger partial charge on any atom is 0.416 e. The average molecular weight is 484 g/mol. The Balaban J connectivity index is 1.76. The molecule has 3 rings (SSSR count). The van der Waals surface area contributed by atoms with Crippen molar-refractivity contribution in [1.29, 1.82) is 0 Å². The molecule has 3 aromatic rings. The standard InChI is InChI=1S/C22H18Cl2F3N3S/c23-16-7-8-17(24)19(13-16)29-21(31)30-20-12-15(22(25,26)27)6-9-18(20)28-11-10-14-4-2-1-3-5-14/h1-9,12-13,28H,10-11H2,(H2,29,30,31). The molecule has 3 nitrogen and oxygen atoms in total. The summed E-state index contributed by atoms with van der Waals surface area (Å²) in [6, 6.07) is 18.0. The molecule has 9 heteroatoms. The second-order valence-electron chi connectivity index (χ2n) is 6.62. The van der Waals surface area contributed by atoms with Crippen LogP contribution in [0.1, 0.15) is 11.1 Å². The molecule has 0 fully saturated rings. The van der Waals surface area contributed by atoms with E-state index in [2.05, 4.69) is 16.0 Å². The Morgan fingerprint density at radius 3 is 2.26 bits per heavy atom. The van der Waals surface area contributed by atoms with Gasteiger partial charge in [0.15, 0.2) is 5.11 Å². The maximum absolute atomic E-state index is 13.2. The van der Waals surface area contributed by atoms with Crippen LogP contribution in [0.2, 0.25) is 10.0 Å². The fourth-order valence-electron chi connectivity index (χ4n) is 2.83. The molecule has 0 unspecified atom stereocenters. The van der Waals surface area contributed by atoms with E-state index in [4.69, 9.17) is 35.4 Å². The van der Waals surface area contributed by atoms with Gasteiger partial charge in [0.2, 0.25) is 0 Å². The second kappa shape index (κ2) is 10.2. The number of anilines is 3. The quantitative estimate of drug-likeness (QED) is 0.317. The van der Waals surface area contributed by atoms with E-state index in [-0.39, 0.29) is 10.8 Å². The van der Waals surface area contributed by atoms with E-state index in [1.807, 2.05) is 30.3 Å². The molecular weight excluding hydrogens is 466 g/mol. The van der Waals surface area contributed by atoms with Gasteiger partial charge in [0, 0.05) is 11.6 Å². The van der Waals surface area contributed by atoms with Gasteiger partial charge in [-0.2, -0.15) is 13.2 Å². The minimum Gasteiger partial charge on any atom is -0.383 e. The van der Waals surface area contributed by atoms with Crippen molar-refractivity contribution < 1.29 is 13.2 Å². The monoisotopic (exact) mass is 483 g/mol. The maximum atomic E-state index is 13.2. The highest BCUT2D eigenvalue weighted by atomic mass is 35.5. The number of hydrogen-bond acceptors (Lipinski definition) is 2. The Morgan fingerprint density at radius 1 is 0.839 bits per heavy atom. The zero-order valence-corrected chi connectivity index (χ0v) is 18.4. The smallest absolute Gasteiger partial charge is 0.383 e. The van der Waals surface area contributed by atoms with Gasteiger partial charge in [-0.1, -0.05) is 53.5 Å². The van der Waals surface area contributed by atoms with Gasteiger partial charge < -0.3 is 16.0 Å². The fourth-order valence-corrected chi connectivity index (χ4v) is 3.39. The van der Waals surface area contributed by atoms with Gasteiger partial charge in [-0.3, -0.25) is 0 Å². The summed E-state index contributed by atoms with van der Waals surface area (Å²) in [7, 11) is 0. The number of halogens is 5. The Hall–Kier alpha value is -2.48. The summed E-state index contributed by atoms with van der Waals surface area (Å²) in [5.74, 6) is 0. The molecule has 0 saturated carbocycles. The van der Waals surface area contributed by atoms with Crippen molar-refractivity contribution in [3.63, 3.8) is 0 Å². The minimum atomic E-state index is -4.48. The molecule has 0 aliphatic carbocycles. The Bertz CT molecular complexity index is 1060. The highest BCUT2D eigenvalue weighted by Crippen LogP contribution is 2.34. The molecule has 3 aromatic carbocycles. The van der Waals surface area contributed by atoms with Crippen molar-refractivity contribution in [1.82, 2.24) is 0 Å². The van der Waals surface area contributed by atoms with Crippen LogP contribution in [0, 0.1) is 0 Å². The summed E-state index contributed by atoms with van der Waals surface area (Å²) >= 11 is 17.4. The molecule has 0 aliphatic rings. The number of alkyl halides is 3. The van der Waals surface area contributed by atoms with Crippen molar-refractivity contribution >= 4 is 57.6 Å². The van der Waals surface area contributed by atoms with E-state index in [1.54, 1.807) is 18.2 Å². The molecule has 0 amide bonds. The number of benzene rings is 3. The SMILES string of the molecule is FC(F)(F)c1ccc(NCCc2ccccc2)c(NC(=S)Nc2cc(Cl)ccc2Cl)c1. The lowest BCUT2D eigenvalue weighted by atomic mass is 10.1. The van der Waals surface area contributed by atoms with Crippen molar-refractivity contribution in [2.24, 2.45) is 0 Å². The Kier molecular flexibility index (Phi) is 7.64. The molecule has 0 atom stereocenters. The van der Waals surface area contributed by atoms with E-state index >= 15 is 0 Å². The first kappa shape index (κ1) is 23.2. The molecule has 0 bridgehead atoms. The number of hydrogen-bond donors (Lipinski definition) is 3. The van der Waals surface area contributed by atoms with Gasteiger partial charge in [0.1, 0.15) is 0 Å². The highest BCUT2D eigenvalue weighted by molar-refractivity contribution is 7.80. The zero-order chi connectivity index (χ0) is 22.4. The van der Waals surface area contributed by atoms with Gasteiger partial charge in [-0.25, -0.2) is 0 Å². The van der Waals surface area contributed by atoms with Crippen LogP contribution >= 0.6 is 35.4 Å². The fraction of sp³-hybridized carbons (Fsp3) is 0.136. The predicted molar refractivity (Wildman–Crippen MR) is 126 cm³/mol. The van der Waals surface area contributed by atoms with Crippen molar-refractivity contribution in [2.75, 3.05) is 22.5 Å². The summed E-state index contributed by atoms with van der Waals surface area (Å²) in [5, 5.41) is 9.74. The van der Waals surface area contributed by atoms with Gasteiger partial charge in [0.05, 0.1) is 27.6 Å². The minimum absolute atomic E-state index is 0.0783. The van der Waals surface area contributed by atoms with Gasteiger partial charge >= 0.3 is 6.18 Å². The van der Waals surface area contributed by atoms with Crippen LogP contribution < -0.4 is 16.0 Å². The lowest BCUT2D eigenvalue weighted by Crippen LogP contribution is -2.21. The van der Waals surface area contributed by atoms with Gasteiger partial charge in [0.25, 0.3) is 0 Å². The van der Waals surface area contributed by atoms with Gasteiger partial charge in [-0.05, 0) is 60.6 Å². The van der Waals surface area contributed by atoms with Crippen LogP contribution in [0.4, 0.5) is 30.2 Å². The Morgan fingerprint density at radius 2 is 1.55 bits per heavy atom. The van der Waals surface area contributed by atoms with E-state index in [0.717, 1.165) is 17.7 Å². The summed E-state index contributed by atoms with van der Waals surface area (Å²) in [5.41, 5.74) is 1.46. The molecule has 0 aliphatic heterocycles. The predicted octanol–water partition coefficient (Wildman–Crippen LogP) is 7.48. The van der Waals surface area contributed by atoms with E-state index < -0.39 is 11.7 Å². The molecule has 31 heavy (non-hydrogen) atoms. The van der Waals surface area contributed by atoms with Crippen LogP contribution in [0.25, 0.3) is 0 Å². The number of rotatable bonds is 6. The second-order valence-corrected chi connectivity index (χ2v) is 7.88. The third kappa shape index (κ3) is 6.75. The van der Waals surface area contributed by atoms with E-state index in [1.165, 1.54) is 6.07 Å².